The molecule has 18 heavy (non-hydrogen) atoms. The maximum Gasteiger partial charge on any atom is 0.0589 e. The summed E-state index contributed by atoms with van der Waals surface area (Å²) in [7, 11) is 0. The molecular formula is C14H20ClN3. The second-order valence-corrected chi connectivity index (χ2v) is 6.17. The minimum atomic E-state index is 0.672. The Balaban J connectivity index is 1.62. The van der Waals surface area contributed by atoms with Crippen molar-refractivity contribution in [1.29, 1.82) is 0 Å². The van der Waals surface area contributed by atoms with E-state index in [4.69, 9.17) is 11.6 Å². The third-order valence-electron chi connectivity index (χ3n) is 4.24. The maximum atomic E-state index is 5.86. The van der Waals surface area contributed by atoms with Crippen LogP contribution < -0.4 is 0 Å². The van der Waals surface area contributed by atoms with E-state index in [1.807, 2.05) is 12.1 Å². The van der Waals surface area contributed by atoms with Crippen molar-refractivity contribution < 1.29 is 0 Å². The number of hydrogen-bond acceptors (Lipinski definition) is 3. The molecule has 2 atom stereocenters. The molecule has 0 N–H and O–H groups in total. The molecule has 98 valence electrons. The van der Waals surface area contributed by atoms with E-state index in [0.29, 0.717) is 11.1 Å². The summed E-state index contributed by atoms with van der Waals surface area (Å²) in [4.78, 5) is 9.57. The molecule has 4 heteroatoms. The number of halogens is 1. The molecule has 1 aromatic heterocycles. The molecule has 3 aliphatic rings. The van der Waals surface area contributed by atoms with Crippen molar-refractivity contribution in [3.8, 4) is 0 Å². The van der Waals surface area contributed by atoms with Gasteiger partial charge >= 0.3 is 0 Å². The van der Waals surface area contributed by atoms with Gasteiger partial charge in [0.15, 0.2) is 0 Å². The summed E-state index contributed by atoms with van der Waals surface area (Å²) in [5, 5.41) is 0.716. The lowest BCUT2D eigenvalue weighted by molar-refractivity contribution is -0.0841. The number of fused-ring (bicyclic) bond motifs is 2. The van der Waals surface area contributed by atoms with E-state index in [1.54, 1.807) is 6.20 Å². The van der Waals surface area contributed by atoms with Crippen molar-refractivity contribution >= 4 is 11.6 Å². The number of piperazine rings is 1. The van der Waals surface area contributed by atoms with Gasteiger partial charge < -0.3 is 0 Å². The molecule has 4 rings (SSSR count). The predicted molar refractivity (Wildman–Crippen MR) is 73.7 cm³/mol. The van der Waals surface area contributed by atoms with Crippen LogP contribution in [0.15, 0.2) is 18.3 Å². The van der Waals surface area contributed by atoms with E-state index in [0.717, 1.165) is 24.3 Å². The molecule has 0 saturated carbocycles. The average Bonchev–Trinajstić information content (AvgIpc) is 2.38. The quantitative estimate of drug-likeness (QED) is 0.837. The predicted octanol–water partition coefficient (Wildman–Crippen LogP) is 2.40. The van der Waals surface area contributed by atoms with Gasteiger partial charge in [0.1, 0.15) is 0 Å². The summed E-state index contributed by atoms with van der Waals surface area (Å²) in [5.41, 5.74) is 1.13. The average molecular weight is 266 g/mol. The van der Waals surface area contributed by atoms with Crippen LogP contribution in [-0.4, -0.2) is 46.0 Å². The molecule has 0 aliphatic carbocycles. The summed E-state index contributed by atoms with van der Waals surface area (Å²) >= 11 is 5.86. The Kier molecular flexibility index (Phi) is 3.31. The molecule has 3 saturated heterocycles. The molecule has 0 amide bonds. The van der Waals surface area contributed by atoms with Crippen molar-refractivity contribution in [2.75, 3.05) is 13.1 Å². The number of pyridine rings is 1. The highest BCUT2D eigenvalue weighted by Crippen LogP contribution is 2.34. The van der Waals surface area contributed by atoms with Crippen molar-refractivity contribution in [2.45, 2.75) is 44.9 Å². The van der Waals surface area contributed by atoms with E-state index in [-0.39, 0.29) is 0 Å². The number of hydrogen-bond donors (Lipinski definition) is 0. The topological polar surface area (TPSA) is 19.4 Å². The molecule has 2 bridgehead atoms. The standard InChI is InChI=1S/C14H20ClN3/c1-10(2)17-8-13-5-14(9-17)18(13)7-12-4-3-11(15)6-16-12/h3-4,6,10,13-14H,5,7-9H2,1-2H3. The number of aromatic nitrogens is 1. The van der Waals surface area contributed by atoms with Gasteiger partial charge in [-0.3, -0.25) is 14.8 Å². The normalized spacial score (nSPS) is 28.4. The van der Waals surface area contributed by atoms with Crippen LogP contribution in [0.1, 0.15) is 26.0 Å². The van der Waals surface area contributed by atoms with Crippen LogP contribution in [-0.2, 0) is 6.54 Å². The van der Waals surface area contributed by atoms with Crippen molar-refractivity contribution in [3.63, 3.8) is 0 Å². The van der Waals surface area contributed by atoms with Crippen LogP contribution in [0.25, 0.3) is 0 Å². The lowest BCUT2D eigenvalue weighted by Crippen LogP contribution is -2.68. The zero-order valence-corrected chi connectivity index (χ0v) is 11.8. The Morgan fingerprint density at radius 2 is 2.06 bits per heavy atom. The summed E-state index contributed by atoms with van der Waals surface area (Å²) in [6.07, 6.45) is 3.10. The molecule has 3 nitrogen and oxygen atoms in total. The summed E-state index contributed by atoms with van der Waals surface area (Å²) in [6, 6.07) is 6.09. The first kappa shape index (κ1) is 12.4. The van der Waals surface area contributed by atoms with Crippen LogP contribution in [0.2, 0.25) is 5.02 Å². The number of piperidine rings is 1. The van der Waals surface area contributed by atoms with Gasteiger partial charge in [-0.1, -0.05) is 11.6 Å². The zero-order chi connectivity index (χ0) is 12.7. The Morgan fingerprint density at radius 3 is 2.61 bits per heavy atom. The van der Waals surface area contributed by atoms with Crippen molar-refractivity contribution in [2.24, 2.45) is 0 Å². The van der Waals surface area contributed by atoms with Gasteiger partial charge in [0, 0.05) is 44.0 Å². The molecule has 1 aromatic rings. The van der Waals surface area contributed by atoms with Crippen LogP contribution in [0.4, 0.5) is 0 Å². The van der Waals surface area contributed by atoms with Gasteiger partial charge in [-0.05, 0) is 32.4 Å². The lowest BCUT2D eigenvalue weighted by atomic mass is 9.86. The first-order valence-electron chi connectivity index (χ1n) is 6.73. The molecule has 2 unspecified atom stereocenters. The Hall–Kier alpha value is -0.640. The summed E-state index contributed by atoms with van der Waals surface area (Å²) < 4.78 is 0. The molecule has 4 heterocycles. The minimum Gasteiger partial charge on any atom is -0.298 e. The Bertz CT molecular complexity index is 406. The van der Waals surface area contributed by atoms with E-state index < -0.39 is 0 Å². The summed E-state index contributed by atoms with van der Waals surface area (Å²) in [6.45, 7) is 7.97. The van der Waals surface area contributed by atoms with E-state index in [2.05, 4.69) is 28.6 Å². The van der Waals surface area contributed by atoms with Crippen LogP contribution in [0, 0.1) is 0 Å². The molecular weight excluding hydrogens is 246 g/mol. The SMILES string of the molecule is CC(C)N1CC2CC(C1)N2Cc1ccc(Cl)cn1. The van der Waals surface area contributed by atoms with E-state index in [9.17, 15) is 0 Å². The van der Waals surface area contributed by atoms with Crippen LogP contribution in [0.3, 0.4) is 0 Å². The fraction of sp³-hybridized carbons (Fsp3) is 0.643. The van der Waals surface area contributed by atoms with Gasteiger partial charge in [0.25, 0.3) is 0 Å². The highest BCUT2D eigenvalue weighted by molar-refractivity contribution is 6.30. The highest BCUT2D eigenvalue weighted by atomic mass is 35.5. The molecule has 0 aromatic carbocycles. The van der Waals surface area contributed by atoms with Crippen molar-refractivity contribution in [3.05, 3.63) is 29.0 Å². The number of nitrogens with zero attached hydrogens (tertiary/aromatic N) is 3. The first-order valence-corrected chi connectivity index (χ1v) is 7.11. The first-order chi connectivity index (χ1) is 8.63. The molecule has 3 aliphatic heterocycles. The van der Waals surface area contributed by atoms with Gasteiger partial charge in [-0.2, -0.15) is 0 Å². The van der Waals surface area contributed by atoms with E-state index in [1.165, 1.54) is 19.5 Å². The van der Waals surface area contributed by atoms with Gasteiger partial charge in [-0.15, -0.1) is 0 Å². The largest absolute Gasteiger partial charge is 0.298 e. The Labute approximate surface area is 114 Å². The molecule has 3 fully saturated rings. The zero-order valence-electron chi connectivity index (χ0n) is 11.0. The monoisotopic (exact) mass is 265 g/mol. The molecule has 0 spiro atoms. The smallest absolute Gasteiger partial charge is 0.0589 e. The van der Waals surface area contributed by atoms with Gasteiger partial charge in [0.05, 0.1) is 10.7 Å². The number of rotatable bonds is 3. The third-order valence-corrected chi connectivity index (χ3v) is 4.46. The third kappa shape index (κ3) is 2.27. The minimum absolute atomic E-state index is 0.672. The second kappa shape index (κ2) is 4.80. The Morgan fingerprint density at radius 1 is 1.33 bits per heavy atom. The maximum absolute atomic E-state index is 5.86. The van der Waals surface area contributed by atoms with Gasteiger partial charge in [0.2, 0.25) is 0 Å². The summed E-state index contributed by atoms with van der Waals surface area (Å²) in [5.74, 6) is 0. The molecule has 0 radical (unpaired) electrons. The van der Waals surface area contributed by atoms with E-state index >= 15 is 0 Å². The van der Waals surface area contributed by atoms with Crippen LogP contribution >= 0.6 is 11.6 Å². The second-order valence-electron chi connectivity index (χ2n) is 5.73. The van der Waals surface area contributed by atoms with Crippen LogP contribution in [0.5, 0.6) is 0 Å². The highest BCUT2D eigenvalue weighted by Gasteiger charge is 2.44. The van der Waals surface area contributed by atoms with Crippen molar-refractivity contribution in [1.82, 2.24) is 14.8 Å². The lowest BCUT2D eigenvalue weighted by Gasteiger charge is -2.57. The van der Waals surface area contributed by atoms with Gasteiger partial charge in [-0.25, -0.2) is 0 Å². The fourth-order valence-electron chi connectivity index (χ4n) is 3.09. The fourth-order valence-corrected chi connectivity index (χ4v) is 3.20.